The molecule has 1 atom stereocenters. The van der Waals surface area contributed by atoms with Gasteiger partial charge in [-0.2, -0.15) is 0 Å². The molecule has 0 aromatic rings. The molecule has 21 heavy (non-hydrogen) atoms. The Kier molecular flexibility index (Phi) is 8.69. The van der Waals surface area contributed by atoms with Crippen LogP contribution >= 0.6 is 0 Å². The maximum absolute atomic E-state index is 11.6. The van der Waals surface area contributed by atoms with Crippen molar-refractivity contribution in [1.29, 1.82) is 0 Å². The van der Waals surface area contributed by atoms with Gasteiger partial charge in [-0.15, -0.1) is 6.58 Å². The molecule has 0 rings (SSSR count). The first-order valence-electron chi connectivity index (χ1n) is 7.08. The van der Waals surface area contributed by atoms with Crippen molar-refractivity contribution in [2.24, 2.45) is 10.4 Å². The van der Waals surface area contributed by atoms with Crippen molar-refractivity contribution >= 4 is 11.9 Å². The molecule has 0 spiro atoms. The summed E-state index contributed by atoms with van der Waals surface area (Å²) in [6, 6.07) is 0. The predicted molar refractivity (Wildman–Crippen MR) is 87.5 cm³/mol. The number of carbonyl (C=O) groups excluding carboxylic acids is 1. The number of hydrogen-bond acceptors (Lipinski definition) is 3. The van der Waals surface area contributed by atoms with Gasteiger partial charge in [-0.25, -0.2) is 4.99 Å². The van der Waals surface area contributed by atoms with Gasteiger partial charge in [0, 0.05) is 34.3 Å². The molecule has 0 aromatic carbocycles. The molecule has 6 nitrogen and oxygen atoms in total. The van der Waals surface area contributed by atoms with Gasteiger partial charge in [-0.05, 0) is 5.41 Å². The standard InChI is InChI=1S/C15H30N4O2/c1-8-9-16-14(18-11-13(20)19(5)6)17-10-12(21-7)15(2,3)4/h8,12H,1,9-11H2,2-7H3,(H2,16,17,18). The van der Waals surface area contributed by atoms with Gasteiger partial charge in [0.1, 0.15) is 6.54 Å². The number of rotatable bonds is 7. The number of ether oxygens (including phenoxy) is 1. The quantitative estimate of drug-likeness (QED) is 0.415. The Labute approximate surface area is 128 Å². The molecule has 0 aliphatic heterocycles. The fourth-order valence-electron chi connectivity index (χ4n) is 1.56. The molecule has 6 heteroatoms. The zero-order valence-electron chi connectivity index (χ0n) is 14.2. The SMILES string of the molecule is C=CCNC(=NCC(=O)N(C)C)NCC(OC)C(C)(C)C. The van der Waals surface area contributed by atoms with E-state index in [2.05, 4.69) is 43.0 Å². The minimum absolute atomic E-state index is 0.0186. The van der Waals surface area contributed by atoms with Crippen LogP contribution in [0.2, 0.25) is 0 Å². The summed E-state index contributed by atoms with van der Waals surface area (Å²) in [6.07, 6.45) is 1.78. The summed E-state index contributed by atoms with van der Waals surface area (Å²) in [7, 11) is 5.12. The normalized spacial score (nSPS) is 13.5. The molecule has 0 saturated heterocycles. The largest absolute Gasteiger partial charge is 0.379 e. The van der Waals surface area contributed by atoms with Crippen LogP contribution in [0.4, 0.5) is 0 Å². The maximum Gasteiger partial charge on any atom is 0.243 e. The number of hydrogen-bond donors (Lipinski definition) is 2. The minimum Gasteiger partial charge on any atom is -0.379 e. The van der Waals surface area contributed by atoms with Crippen LogP contribution in [0, 0.1) is 5.41 Å². The van der Waals surface area contributed by atoms with Crippen LogP contribution in [0.25, 0.3) is 0 Å². The Balaban J connectivity index is 4.65. The van der Waals surface area contributed by atoms with E-state index in [1.165, 1.54) is 4.90 Å². The second-order valence-electron chi connectivity index (χ2n) is 6.09. The van der Waals surface area contributed by atoms with E-state index in [1.54, 1.807) is 27.3 Å². The Bertz CT molecular complexity index is 359. The third kappa shape index (κ3) is 8.34. The number of guanidine groups is 1. The number of nitrogens with zero attached hydrogens (tertiary/aromatic N) is 2. The molecule has 0 heterocycles. The minimum atomic E-state index is -0.0474. The van der Waals surface area contributed by atoms with Crippen molar-refractivity contribution in [3.63, 3.8) is 0 Å². The highest BCUT2D eigenvalue weighted by Gasteiger charge is 2.24. The number of amides is 1. The molecular weight excluding hydrogens is 268 g/mol. The molecule has 0 aliphatic rings. The highest BCUT2D eigenvalue weighted by molar-refractivity contribution is 5.84. The summed E-state index contributed by atoms with van der Waals surface area (Å²) in [6.45, 7) is 11.3. The number of methoxy groups -OCH3 is 1. The third-order valence-electron chi connectivity index (χ3n) is 2.99. The second kappa shape index (κ2) is 9.39. The summed E-state index contributed by atoms with van der Waals surface area (Å²) >= 11 is 0. The lowest BCUT2D eigenvalue weighted by atomic mass is 9.89. The Morgan fingerprint density at radius 3 is 2.43 bits per heavy atom. The van der Waals surface area contributed by atoms with Gasteiger partial charge in [0.25, 0.3) is 0 Å². The third-order valence-corrected chi connectivity index (χ3v) is 2.99. The van der Waals surface area contributed by atoms with Gasteiger partial charge in [-0.3, -0.25) is 4.79 Å². The lowest BCUT2D eigenvalue weighted by molar-refractivity contribution is -0.127. The molecule has 2 N–H and O–H groups in total. The van der Waals surface area contributed by atoms with E-state index in [4.69, 9.17) is 4.74 Å². The first-order valence-corrected chi connectivity index (χ1v) is 7.08. The monoisotopic (exact) mass is 298 g/mol. The van der Waals surface area contributed by atoms with Gasteiger partial charge < -0.3 is 20.3 Å². The lowest BCUT2D eigenvalue weighted by Crippen LogP contribution is -2.45. The summed E-state index contributed by atoms with van der Waals surface area (Å²) in [5.74, 6) is 0.533. The average molecular weight is 298 g/mol. The predicted octanol–water partition coefficient (Wildman–Crippen LogP) is 0.857. The van der Waals surface area contributed by atoms with Crippen LogP contribution in [0.15, 0.2) is 17.6 Å². The molecule has 1 unspecified atom stereocenters. The van der Waals surface area contributed by atoms with Crippen molar-refractivity contribution < 1.29 is 9.53 Å². The molecular formula is C15H30N4O2. The number of nitrogens with one attached hydrogen (secondary N) is 2. The molecule has 1 amide bonds. The van der Waals surface area contributed by atoms with Crippen LogP contribution in [0.1, 0.15) is 20.8 Å². The van der Waals surface area contributed by atoms with E-state index >= 15 is 0 Å². The molecule has 0 radical (unpaired) electrons. The number of likely N-dealkylation sites (N-methyl/N-ethyl adjacent to an activating group) is 1. The topological polar surface area (TPSA) is 66.0 Å². The van der Waals surface area contributed by atoms with Gasteiger partial charge in [-0.1, -0.05) is 26.8 Å². The Hall–Kier alpha value is -1.56. The van der Waals surface area contributed by atoms with Crippen molar-refractivity contribution in [2.75, 3.05) is 40.8 Å². The van der Waals surface area contributed by atoms with Crippen molar-refractivity contribution in [2.45, 2.75) is 26.9 Å². The summed E-state index contributed by atoms with van der Waals surface area (Å²) < 4.78 is 5.49. The highest BCUT2D eigenvalue weighted by Crippen LogP contribution is 2.20. The fraction of sp³-hybridized carbons (Fsp3) is 0.733. The molecule has 0 saturated carbocycles. The van der Waals surface area contributed by atoms with E-state index in [0.717, 1.165) is 0 Å². The average Bonchev–Trinajstić information content (AvgIpc) is 2.39. The maximum atomic E-state index is 11.6. The van der Waals surface area contributed by atoms with Crippen molar-refractivity contribution in [1.82, 2.24) is 15.5 Å². The van der Waals surface area contributed by atoms with Gasteiger partial charge in [0.2, 0.25) is 5.91 Å². The first-order chi connectivity index (χ1) is 9.72. The molecule has 0 bridgehead atoms. The van der Waals surface area contributed by atoms with Crippen molar-refractivity contribution in [3.05, 3.63) is 12.7 Å². The van der Waals surface area contributed by atoms with Gasteiger partial charge in [0.05, 0.1) is 6.10 Å². The van der Waals surface area contributed by atoms with E-state index < -0.39 is 0 Å². The number of aliphatic imine (C=N–C) groups is 1. The lowest BCUT2D eigenvalue weighted by Gasteiger charge is -2.30. The van der Waals surface area contributed by atoms with Crippen LogP contribution in [-0.2, 0) is 9.53 Å². The summed E-state index contributed by atoms with van der Waals surface area (Å²) in [5.41, 5.74) is 0.0186. The van der Waals surface area contributed by atoms with E-state index in [1.807, 2.05) is 0 Å². The molecule has 0 aliphatic carbocycles. The second-order valence-corrected chi connectivity index (χ2v) is 6.09. The van der Waals surface area contributed by atoms with Gasteiger partial charge >= 0.3 is 0 Å². The zero-order chi connectivity index (χ0) is 16.5. The van der Waals surface area contributed by atoms with Crippen LogP contribution < -0.4 is 10.6 Å². The van der Waals surface area contributed by atoms with E-state index in [9.17, 15) is 4.79 Å². The molecule has 0 aromatic heterocycles. The van der Waals surface area contributed by atoms with E-state index in [0.29, 0.717) is 19.0 Å². The molecule has 122 valence electrons. The van der Waals surface area contributed by atoms with Crippen LogP contribution in [0.3, 0.4) is 0 Å². The summed E-state index contributed by atoms with van der Waals surface area (Å²) in [4.78, 5) is 17.4. The Morgan fingerprint density at radius 1 is 1.38 bits per heavy atom. The number of carbonyl (C=O) groups is 1. The first kappa shape index (κ1) is 19.4. The molecule has 0 fully saturated rings. The summed E-state index contributed by atoms with van der Waals surface area (Å²) in [5, 5.41) is 6.29. The van der Waals surface area contributed by atoms with Gasteiger partial charge in [0.15, 0.2) is 5.96 Å². The zero-order valence-corrected chi connectivity index (χ0v) is 14.2. The Morgan fingerprint density at radius 2 is 2.00 bits per heavy atom. The highest BCUT2D eigenvalue weighted by atomic mass is 16.5. The smallest absolute Gasteiger partial charge is 0.243 e. The van der Waals surface area contributed by atoms with Crippen LogP contribution in [0.5, 0.6) is 0 Å². The fourth-order valence-corrected chi connectivity index (χ4v) is 1.56. The van der Waals surface area contributed by atoms with Crippen molar-refractivity contribution in [3.8, 4) is 0 Å². The van der Waals surface area contributed by atoms with Crippen LogP contribution in [-0.4, -0.2) is 63.7 Å². The van der Waals surface area contributed by atoms with E-state index in [-0.39, 0.29) is 24.0 Å².